The molecule has 2 unspecified atom stereocenters. The molecule has 106 valence electrons. The molecule has 0 aromatic rings. The minimum atomic E-state index is -1.88. The Labute approximate surface area is 107 Å². The average molecular weight is 262 g/mol. The van der Waals surface area contributed by atoms with Crippen molar-refractivity contribution in [1.29, 1.82) is 0 Å². The molecule has 2 atom stereocenters. The molecule has 0 spiro atoms. The molecule has 0 fully saturated rings. The van der Waals surface area contributed by atoms with E-state index in [1.54, 1.807) is 27.7 Å². The van der Waals surface area contributed by atoms with Crippen LogP contribution < -0.4 is 0 Å². The minimum Gasteiger partial charge on any atom is -0.479 e. The molecule has 0 radical (unpaired) electrons. The van der Waals surface area contributed by atoms with Crippen LogP contribution in [0.15, 0.2) is 0 Å². The van der Waals surface area contributed by atoms with E-state index in [2.05, 4.69) is 0 Å². The zero-order chi connectivity index (χ0) is 14.4. The smallest absolute Gasteiger partial charge is 0.339 e. The van der Waals surface area contributed by atoms with Gasteiger partial charge < -0.3 is 19.7 Å². The van der Waals surface area contributed by atoms with Crippen molar-refractivity contribution in [2.75, 3.05) is 13.2 Å². The largest absolute Gasteiger partial charge is 0.479 e. The molecule has 0 aromatic carbocycles. The highest BCUT2D eigenvalue weighted by Gasteiger charge is 2.62. The van der Waals surface area contributed by atoms with Crippen molar-refractivity contribution in [1.82, 2.24) is 0 Å². The van der Waals surface area contributed by atoms with Crippen LogP contribution in [0.5, 0.6) is 0 Å². The fourth-order valence-corrected chi connectivity index (χ4v) is 2.27. The maximum atomic E-state index is 11.6. The van der Waals surface area contributed by atoms with E-state index in [1.807, 2.05) is 0 Å². The summed E-state index contributed by atoms with van der Waals surface area (Å²) in [5, 5.41) is 18.9. The van der Waals surface area contributed by atoms with Gasteiger partial charge in [-0.05, 0) is 26.7 Å². The quantitative estimate of drug-likeness (QED) is 0.654. The predicted octanol–water partition coefficient (Wildman–Crippen LogP) is 1.53. The monoisotopic (exact) mass is 262 g/mol. The maximum absolute atomic E-state index is 11.6. The number of carbonyl (C=O) groups is 2. The normalized spacial score (nSPS) is 17.8. The van der Waals surface area contributed by atoms with Gasteiger partial charge >= 0.3 is 11.9 Å². The third kappa shape index (κ3) is 2.49. The number of carboxylic acid groups (broad SMARTS) is 2. The number of hydrogen-bond acceptors (Lipinski definition) is 4. The summed E-state index contributed by atoms with van der Waals surface area (Å²) >= 11 is 0. The van der Waals surface area contributed by atoms with Crippen molar-refractivity contribution in [3.63, 3.8) is 0 Å². The van der Waals surface area contributed by atoms with Gasteiger partial charge in [0.1, 0.15) is 0 Å². The number of ether oxygens (including phenoxy) is 2. The van der Waals surface area contributed by atoms with E-state index in [-0.39, 0.29) is 26.1 Å². The van der Waals surface area contributed by atoms with Crippen LogP contribution in [-0.4, -0.2) is 46.6 Å². The molecule has 2 N–H and O–H groups in total. The second-order valence-electron chi connectivity index (χ2n) is 3.84. The Balaban J connectivity index is 5.88. The van der Waals surface area contributed by atoms with Crippen LogP contribution in [0.25, 0.3) is 0 Å². The van der Waals surface area contributed by atoms with Crippen molar-refractivity contribution < 1.29 is 29.3 Å². The molecule has 0 bridgehead atoms. The number of carboxylic acids is 2. The van der Waals surface area contributed by atoms with Gasteiger partial charge in [-0.15, -0.1) is 0 Å². The summed E-state index contributed by atoms with van der Waals surface area (Å²) in [6.07, 6.45) is 0.0205. The van der Waals surface area contributed by atoms with Crippen LogP contribution in [0, 0.1) is 0 Å². The van der Waals surface area contributed by atoms with Gasteiger partial charge in [0.2, 0.25) is 11.2 Å². The van der Waals surface area contributed by atoms with Crippen LogP contribution in [0.2, 0.25) is 0 Å². The molecule has 6 nitrogen and oxygen atoms in total. The topological polar surface area (TPSA) is 93.1 Å². The van der Waals surface area contributed by atoms with E-state index in [4.69, 9.17) is 9.47 Å². The first kappa shape index (κ1) is 16.9. The van der Waals surface area contributed by atoms with Gasteiger partial charge in [-0.25, -0.2) is 9.59 Å². The van der Waals surface area contributed by atoms with Gasteiger partial charge in [-0.3, -0.25) is 0 Å². The zero-order valence-corrected chi connectivity index (χ0v) is 11.4. The molecule has 0 aliphatic carbocycles. The van der Waals surface area contributed by atoms with Gasteiger partial charge in [0.25, 0.3) is 0 Å². The van der Waals surface area contributed by atoms with Crippen molar-refractivity contribution in [3.8, 4) is 0 Å². The Morgan fingerprint density at radius 1 is 0.833 bits per heavy atom. The number of aliphatic carboxylic acids is 2. The molecule has 0 rings (SSSR count). The molecule has 0 aliphatic heterocycles. The molecule has 0 saturated carbocycles. The van der Waals surface area contributed by atoms with Crippen LogP contribution >= 0.6 is 0 Å². The van der Waals surface area contributed by atoms with Crippen LogP contribution in [0.3, 0.4) is 0 Å². The Morgan fingerprint density at radius 3 is 1.22 bits per heavy atom. The van der Waals surface area contributed by atoms with E-state index >= 15 is 0 Å². The Kier molecular flexibility index (Phi) is 6.28. The second-order valence-corrected chi connectivity index (χ2v) is 3.84. The third-order valence-corrected chi connectivity index (χ3v) is 3.12. The maximum Gasteiger partial charge on any atom is 0.339 e. The predicted molar refractivity (Wildman–Crippen MR) is 64.6 cm³/mol. The summed E-state index contributed by atoms with van der Waals surface area (Å²) in [6.45, 7) is 6.61. The summed E-state index contributed by atoms with van der Waals surface area (Å²) in [4.78, 5) is 23.1. The van der Waals surface area contributed by atoms with E-state index in [0.29, 0.717) is 0 Å². The molecule has 0 heterocycles. The lowest BCUT2D eigenvalue weighted by Crippen LogP contribution is -2.66. The third-order valence-electron chi connectivity index (χ3n) is 3.12. The minimum absolute atomic E-state index is 0.0102. The second kappa shape index (κ2) is 6.70. The molecule has 6 heteroatoms. The first-order valence-electron chi connectivity index (χ1n) is 6.13. The molecule has 18 heavy (non-hydrogen) atoms. The highest BCUT2D eigenvalue weighted by molar-refractivity contribution is 5.91. The lowest BCUT2D eigenvalue weighted by molar-refractivity contribution is -0.231. The Morgan fingerprint density at radius 2 is 1.11 bits per heavy atom. The first-order valence-corrected chi connectivity index (χ1v) is 6.13. The average Bonchev–Trinajstić information content (AvgIpc) is 2.32. The highest BCUT2D eigenvalue weighted by atomic mass is 16.6. The van der Waals surface area contributed by atoms with Gasteiger partial charge in [0.05, 0.1) is 0 Å². The Bertz CT molecular complexity index is 273. The summed E-state index contributed by atoms with van der Waals surface area (Å²) in [6, 6.07) is 0. The lowest BCUT2D eigenvalue weighted by Gasteiger charge is -2.42. The first-order chi connectivity index (χ1) is 8.38. The molecule has 0 saturated heterocycles. The number of hydrogen-bond donors (Lipinski definition) is 2. The standard InChI is InChI=1S/C12H22O6/c1-5-11(9(13)14,17-7-3)12(6-2,10(15)16)18-8-4/h5-8H2,1-4H3,(H,13,14)(H,15,16). The van der Waals surface area contributed by atoms with E-state index in [9.17, 15) is 19.8 Å². The van der Waals surface area contributed by atoms with Gasteiger partial charge in [0.15, 0.2) is 0 Å². The summed E-state index contributed by atoms with van der Waals surface area (Å²) in [7, 11) is 0. The Hall–Kier alpha value is -1.14. The summed E-state index contributed by atoms with van der Waals surface area (Å²) in [5.74, 6) is -2.63. The molecular formula is C12H22O6. The van der Waals surface area contributed by atoms with Crippen LogP contribution in [0.1, 0.15) is 40.5 Å². The summed E-state index contributed by atoms with van der Waals surface area (Å²) < 4.78 is 10.6. The number of rotatable bonds is 9. The van der Waals surface area contributed by atoms with Gasteiger partial charge in [0, 0.05) is 13.2 Å². The zero-order valence-electron chi connectivity index (χ0n) is 11.4. The van der Waals surface area contributed by atoms with Crippen molar-refractivity contribution >= 4 is 11.9 Å². The van der Waals surface area contributed by atoms with Crippen LogP contribution in [-0.2, 0) is 19.1 Å². The van der Waals surface area contributed by atoms with E-state index < -0.39 is 23.1 Å². The lowest BCUT2D eigenvalue weighted by atomic mass is 9.78. The summed E-state index contributed by atoms with van der Waals surface area (Å²) in [5.41, 5.74) is -3.75. The van der Waals surface area contributed by atoms with Crippen molar-refractivity contribution in [2.45, 2.75) is 51.7 Å². The molecule has 0 aliphatic rings. The van der Waals surface area contributed by atoms with Gasteiger partial charge in [-0.2, -0.15) is 0 Å². The fraction of sp³-hybridized carbons (Fsp3) is 0.833. The molecule has 0 aromatic heterocycles. The highest BCUT2D eigenvalue weighted by Crippen LogP contribution is 2.37. The SMILES string of the molecule is CCOC(CC)(C(=O)O)C(CC)(OCC)C(=O)O. The van der Waals surface area contributed by atoms with Crippen LogP contribution in [0.4, 0.5) is 0 Å². The molecular weight excluding hydrogens is 240 g/mol. The van der Waals surface area contributed by atoms with Crippen molar-refractivity contribution in [3.05, 3.63) is 0 Å². The molecule has 0 amide bonds. The van der Waals surface area contributed by atoms with Gasteiger partial charge in [-0.1, -0.05) is 13.8 Å². The van der Waals surface area contributed by atoms with E-state index in [1.165, 1.54) is 0 Å². The van der Waals surface area contributed by atoms with E-state index in [0.717, 1.165) is 0 Å². The fourth-order valence-electron chi connectivity index (χ4n) is 2.27. The van der Waals surface area contributed by atoms with Crippen molar-refractivity contribution in [2.24, 2.45) is 0 Å².